The lowest BCUT2D eigenvalue weighted by atomic mass is 10.1. The van der Waals surface area contributed by atoms with Crippen LogP contribution in [0.3, 0.4) is 0 Å². The van der Waals surface area contributed by atoms with E-state index in [4.69, 9.17) is 14.6 Å². The van der Waals surface area contributed by atoms with Gasteiger partial charge in [-0.2, -0.15) is 0 Å². The van der Waals surface area contributed by atoms with Crippen LogP contribution in [-0.4, -0.2) is 45.3 Å². The average molecular weight is 471 g/mol. The maximum absolute atomic E-state index is 9.10. The minimum absolute atomic E-state index is 0.0269. The van der Waals surface area contributed by atoms with Crippen molar-refractivity contribution in [3.8, 4) is 11.5 Å². The van der Waals surface area contributed by atoms with E-state index in [0.717, 1.165) is 39.3 Å². The Morgan fingerprint density at radius 1 is 1.00 bits per heavy atom. The quantitative estimate of drug-likeness (QED) is 0.355. The lowest BCUT2D eigenvalue weighted by Gasteiger charge is -2.13. The number of aliphatic hydroxyl groups excluding tert-OH is 1. The molecule has 1 unspecified atom stereocenters. The second-order valence-corrected chi connectivity index (χ2v) is 8.33. The van der Waals surface area contributed by atoms with Gasteiger partial charge in [0, 0.05) is 29.1 Å². The summed E-state index contributed by atoms with van der Waals surface area (Å²) in [6.45, 7) is 4.49. The number of pyridine rings is 1. The molecular formula is C26H26N6O3. The molecule has 1 aliphatic rings. The molecule has 9 nitrogen and oxygen atoms in total. The van der Waals surface area contributed by atoms with Crippen LogP contribution in [-0.2, 0) is 4.74 Å². The SMILES string of the molecule is Cc1ccc(Oc2ccc(Nc3ncnc4ccc(NC5=NC(CCO)CO5)cc34)cc2C)cn1. The first-order valence-electron chi connectivity index (χ1n) is 11.4. The van der Waals surface area contributed by atoms with Gasteiger partial charge in [0.1, 0.15) is 30.3 Å². The van der Waals surface area contributed by atoms with Crippen molar-refractivity contribution < 1.29 is 14.6 Å². The van der Waals surface area contributed by atoms with Gasteiger partial charge in [-0.1, -0.05) is 0 Å². The molecule has 0 aliphatic carbocycles. The minimum Gasteiger partial charge on any atom is -0.463 e. The summed E-state index contributed by atoms with van der Waals surface area (Å²) in [7, 11) is 0. The number of hydrogen-bond acceptors (Lipinski definition) is 9. The number of hydrogen-bond donors (Lipinski definition) is 3. The highest BCUT2D eigenvalue weighted by Crippen LogP contribution is 2.30. The highest BCUT2D eigenvalue weighted by atomic mass is 16.5. The van der Waals surface area contributed by atoms with Crippen molar-refractivity contribution in [1.82, 2.24) is 15.0 Å². The Morgan fingerprint density at radius 3 is 2.66 bits per heavy atom. The molecule has 2 aromatic carbocycles. The molecule has 0 saturated carbocycles. The van der Waals surface area contributed by atoms with E-state index in [9.17, 15) is 0 Å². The molecule has 35 heavy (non-hydrogen) atoms. The number of anilines is 3. The molecule has 1 aliphatic heterocycles. The van der Waals surface area contributed by atoms with Crippen LogP contribution in [0.1, 0.15) is 17.7 Å². The third-order valence-electron chi connectivity index (χ3n) is 5.61. The molecule has 0 spiro atoms. The molecule has 3 heterocycles. The molecule has 4 aromatic rings. The predicted octanol–water partition coefficient (Wildman–Crippen LogP) is 4.73. The van der Waals surface area contributed by atoms with Crippen molar-refractivity contribution in [3.05, 3.63) is 72.3 Å². The van der Waals surface area contributed by atoms with Crippen LogP contribution < -0.4 is 15.4 Å². The normalized spacial score (nSPS) is 14.9. The molecule has 0 amide bonds. The summed E-state index contributed by atoms with van der Waals surface area (Å²) in [6, 6.07) is 15.9. The molecule has 0 bridgehead atoms. The van der Waals surface area contributed by atoms with Gasteiger partial charge in [0.15, 0.2) is 0 Å². The standard InChI is InChI=1S/C26H26N6O3/c1-16-11-18(5-8-24(16)35-21-6-3-17(2)27-13-21)30-25-22-12-19(4-7-23(22)28-15-29-25)31-26-32-20(9-10-33)14-34-26/h3-8,11-13,15,20,33H,9-10,14H2,1-2H3,(H,31,32)(H,28,29,30). The molecule has 178 valence electrons. The van der Waals surface area contributed by atoms with Gasteiger partial charge >= 0.3 is 0 Å². The molecule has 3 N–H and O–H groups in total. The maximum atomic E-state index is 9.10. The highest BCUT2D eigenvalue weighted by Gasteiger charge is 2.18. The first kappa shape index (κ1) is 22.5. The monoisotopic (exact) mass is 470 g/mol. The molecule has 9 heteroatoms. The fourth-order valence-corrected chi connectivity index (χ4v) is 3.76. The van der Waals surface area contributed by atoms with E-state index in [2.05, 4.69) is 30.6 Å². The van der Waals surface area contributed by atoms with Gasteiger partial charge < -0.3 is 25.2 Å². The van der Waals surface area contributed by atoms with Crippen LogP contribution in [0.25, 0.3) is 10.9 Å². The molecule has 5 rings (SSSR count). The van der Waals surface area contributed by atoms with E-state index in [1.54, 1.807) is 6.20 Å². The number of aliphatic hydroxyl groups is 1. The Labute approximate surface area is 202 Å². The molecule has 0 radical (unpaired) electrons. The molecule has 0 fully saturated rings. The van der Waals surface area contributed by atoms with E-state index in [-0.39, 0.29) is 12.6 Å². The first-order valence-corrected chi connectivity index (χ1v) is 11.4. The Morgan fingerprint density at radius 2 is 1.86 bits per heavy atom. The number of ether oxygens (including phenoxy) is 2. The van der Waals surface area contributed by atoms with Crippen molar-refractivity contribution in [2.45, 2.75) is 26.3 Å². The predicted molar refractivity (Wildman–Crippen MR) is 136 cm³/mol. The third-order valence-corrected chi connectivity index (χ3v) is 5.61. The van der Waals surface area contributed by atoms with E-state index in [0.29, 0.717) is 30.6 Å². The summed E-state index contributed by atoms with van der Waals surface area (Å²) in [6.07, 6.45) is 3.83. The van der Waals surface area contributed by atoms with Crippen LogP contribution in [0.5, 0.6) is 11.5 Å². The van der Waals surface area contributed by atoms with Crippen LogP contribution in [0.4, 0.5) is 17.2 Å². The topological polar surface area (TPSA) is 114 Å². The van der Waals surface area contributed by atoms with Crippen LogP contribution in [0.15, 0.2) is 66.0 Å². The number of aryl methyl sites for hydroxylation is 2. The van der Waals surface area contributed by atoms with Crippen molar-refractivity contribution >= 4 is 34.1 Å². The van der Waals surface area contributed by atoms with Crippen molar-refractivity contribution in [3.63, 3.8) is 0 Å². The fraction of sp³-hybridized carbons (Fsp3) is 0.231. The van der Waals surface area contributed by atoms with Gasteiger partial charge in [-0.25, -0.2) is 15.0 Å². The Bertz CT molecular complexity index is 1370. The highest BCUT2D eigenvalue weighted by molar-refractivity contribution is 5.97. The van der Waals surface area contributed by atoms with Crippen molar-refractivity contribution in [2.75, 3.05) is 23.8 Å². The van der Waals surface area contributed by atoms with Gasteiger partial charge in [0.25, 0.3) is 6.02 Å². The number of aromatic nitrogens is 3. The second kappa shape index (κ2) is 9.94. The first-order chi connectivity index (χ1) is 17.1. The number of fused-ring (bicyclic) bond motifs is 1. The summed E-state index contributed by atoms with van der Waals surface area (Å²) in [5.74, 6) is 2.14. The van der Waals surface area contributed by atoms with E-state index in [1.165, 1.54) is 6.33 Å². The third kappa shape index (κ3) is 5.30. The summed E-state index contributed by atoms with van der Waals surface area (Å²) < 4.78 is 11.6. The minimum atomic E-state index is -0.0269. The lowest BCUT2D eigenvalue weighted by molar-refractivity contribution is 0.250. The number of amidine groups is 1. The van der Waals surface area contributed by atoms with Gasteiger partial charge in [-0.15, -0.1) is 0 Å². The fourth-order valence-electron chi connectivity index (χ4n) is 3.76. The van der Waals surface area contributed by atoms with Crippen LogP contribution in [0.2, 0.25) is 0 Å². The van der Waals surface area contributed by atoms with Gasteiger partial charge in [-0.3, -0.25) is 4.98 Å². The summed E-state index contributed by atoms with van der Waals surface area (Å²) in [5, 5.41) is 16.5. The van der Waals surface area contributed by atoms with Crippen LogP contribution >= 0.6 is 0 Å². The summed E-state index contributed by atoms with van der Waals surface area (Å²) in [5.41, 5.74) is 4.42. The Kier molecular flexibility index (Phi) is 6.40. The zero-order chi connectivity index (χ0) is 24.2. The Hall–Kier alpha value is -4.24. The van der Waals surface area contributed by atoms with Gasteiger partial charge in [-0.05, 0) is 74.4 Å². The smallest absolute Gasteiger partial charge is 0.289 e. The average Bonchev–Trinajstić information content (AvgIpc) is 3.29. The summed E-state index contributed by atoms with van der Waals surface area (Å²) in [4.78, 5) is 17.6. The molecule has 0 saturated heterocycles. The zero-order valence-electron chi connectivity index (χ0n) is 19.5. The molecular weight excluding hydrogens is 444 g/mol. The van der Waals surface area contributed by atoms with Crippen molar-refractivity contribution in [2.24, 2.45) is 4.99 Å². The molecule has 2 aromatic heterocycles. The van der Waals surface area contributed by atoms with E-state index >= 15 is 0 Å². The zero-order valence-corrected chi connectivity index (χ0v) is 19.5. The van der Waals surface area contributed by atoms with E-state index < -0.39 is 0 Å². The van der Waals surface area contributed by atoms with Crippen molar-refractivity contribution in [1.29, 1.82) is 0 Å². The largest absolute Gasteiger partial charge is 0.463 e. The van der Waals surface area contributed by atoms with Crippen LogP contribution in [0, 0.1) is 13.8 Å². The lowest BCUT2D eigenvalue weighted by Crippen LogP contribution is -2.12. The van der Waals surface area contributed by atoms with E-state index in [1.807, 2.05) is 62.4 Å². The summed E-state index contributed by atoms with van der Waals surface area (Å²) >= 11 is 0. The molecule has 1 atom stereocenters. The number of nitrogens with one attached hydrogen (secondary N) is 2. The number of benzene rings is 2. The number of aliphatic imine (C=N–C) groups is 1. The second-order valence-electron chi connectivity index (χ2n) is 8.33. The number of rotatable bonds is 7. The number of nitrogens with zero attached hydrogens (tertiary/aromatic N) is 4. The maximum Gasteiger partial charge on any atom is 0.289 e. The van der Waals surface area contributed by atoms with Gasteiger partial charge in [0.2, 0.25) is 0 Å². The van der Waals surface area contributed by atoms with Gasteiger partial charge in [0.05, 0.1) is 17.8 Å². The Balaban J connectivity index is 1.35.